The summed E-state index contributed by atoms with van der Waals surface area (Å²) in [4.78, 5) is 0. The molecule has 6 nitrogen and oxygen atoms in total. The molecule has 0 aliphatic carbocycles. The van der Waals surface area contributed by atoms with Crippen LogP contribution in [-0.2, 0) is 24.9 Å². The molecule has 1 N–H and O–H groups in total. The molecule has 7 heteroatoms. The number of halogens is 1. The van der Waals surface area contributed by atoms with Gasteiger partial charge >= 0.3 is 0 Å². The number of hydrogen-bond donors (Lipinski definition) is 1. The van der Waals surface area contributed by atoms with Gasteiger partial charge in [-0.3, -0.25) is 9.36 Å². The third-order valence-corrected chi connectivity index (χ3v) is 4.06. The summed E-state index contributed by atoms with van der Waals surface area (Å²) < 4.78 is 8.78. The summed E-state index contributed by atoms with van der Waals surface area (Å²) in [7, 11) is 3.60. The highest BCUT2D eigenvalue weighted by molar-refractivity contribution is 6.31. The highest BCUT2D eigenvalue weighted by Crippen LogP contribution is 2.21. The van der Waals surface area contributed by atoms with Gasteiger partial charge in [-0.05, 0) is 13.8 Å². The lowest BCUT2D eigenvalue weighted by Gasteiger charge is -2.07. The van der Waals surface area contributed by atoms with Gasteiger partial charge in [0, 0.05) is 38.5 Å². The fourth-order valence-corrected chi connectivity index (χ4v) is 2.43. The number of rotatable bonds is 7. The smallest absolute Gasteiger partial charge is 0.0866 e. The minimum absolute atomic E-state index is 0.625. The molecule has 0 saturated heterocycles. The highest BCUT2D eigenvalue weighted by Gasteiger charge is 2.14. The van der Waals surface area contributed by atoms with Gasteiger partial charge in [-0.15, -0.1) is 0 Å². The molecule has 2 aromatic heterocycles. The van der Waals surface area contributed by atoms with Crippen molar-refractivity contribution < 1.29 is 4.74 Å². The van der Waals surface area contributed by atoms with Crippen LogP contribution in [0, 0.1) is 13.8 Å². The van der Waals surface area contributed by atoms with Crippen molar-refractivity contribution in [2.45, 2.75) is 26.9 Å². The number of nitrogens with zero attached hydrogens (tertiary/aromatic N) is 4. The molecular weight excluding hydrogens is 290 g/mol. The fourth-order valence-electron chi connectivity index (χ4n) is 2.21. The van der Waals surface area contributed by atoms with Crippen molar-refractivity contribution in [3.8, 4) is 0 Å². The van der Waals surface area contributed by atoms with E-state index >= 15 is 0 Å². The van der Waals surface area contributed by atoms with E-state index < -0.39 is 0 Å². The zero-order valence-electron chi connectivity index (χ0n) is 13.0. The molecule has 0 saturated carbocycles. The van der Waals surface area contributed by atoms with E-state index in [-0.39, 0.29) is 0 Å². The van der Waals surface area contributed by atoms with Crippen LogP contribution >= 0.6 is 11.6 Å². The topological polar surface area (TPSA) is 56.9 Å². The number of methoxy groups -OCH3 is 1. The van der Waals surface area contributed by atoms with E-state index in [2.05, 4.69) is 22.4 Å². The third-order valence-electron chi connectivity index (χ3n) is 3.56. The van der Waals surface area contributed by atoms with Gasteiger partial charge in [0.15, 0.2) is 0 Å². The minimum atomic E-state index is 0.625. The molecule has 2 heterocycles. The Balaban J connectivity index is 2.06. The molecule has 2 rings (SSSR count). The lowest BCUT2D eigenvalue weighted by atomic mass is 10.2. The Morgan fingerprint density at radius 3 is 2.76 bits per heavy atom. The van der Waals surface area contributed by atoms with Crippen molar-refractivity contribution in [2.24, 2.45) is 7.05 Å². The summed E-state index contributed by atoms with van der Waals surface area (Å²) in [6, 6.07) is 0. The lowest BCUT2D eigenvalue weighted by Crippen LogP contribution is -2.19. The molecule has 0 aliphatic heterocycles. The maximum atomic E-state index is 6.29. The zero-order valence-corrected chi connectivity index (χ0v) is 13.7. The van der Waals surface area contributed by atoms with Gasteiger partial charge < -0.3 is 10.1 Å². The van der Waals surface area contributed by atoms with E-state index in [0.29, 0.717) is 18.2 Å². The van der Waals surface area contributed by atoms with E-state index in [1.54, 1.807) is 7.11 Å². The second-order valence-corrected chi connectivity index (χ2v) is 5.43. The molecule has 0 aromatic carbocycles. The average Bonchev–Trinajstić information content (AvgIpc) is 2.91. The molecule has 116 valence electrons. The summed E-state index contributed by atoms with van der Waals surface area (Å²) in [5, 5.41) is 12.8. The number of aryl methyl sites for hydroxylation is 2. The molecule has 2 aromatic rings. The van der Waals surface area contributed by atoms with Crippen LogP contribution in [0.15, 0.2) is 6.20 Å². The molecule has 0 unspecified atom stereocenters. The van der Waals surface area contributed by atoms with Crippen LogP contribution < -0.4 is 5.32 Å². The van der Waals surface area contributed by atoms with Crippen LogP contribution in [-0.4, -0.2) is 39.8 Å². The largest absolute Gasteiger partial charge is 0.383 e. The molecule has 0 spiro atoms. The first-order chi connectivity index (χ1) is 10.0. The van der Waals surface area contributed by atoms with Gasteiger partial charge in [0.2, 0.25) is 0 Å². The summed E-state index contributed by atoms with van der Waals surface area (Å²) in [6.07, 6.45) is 1.90. The van der Waals surface area contributed by atoms with Gasteiger partial charge in [-0.25, -0.2) is 0 Å². The van der Waals surface area contributed by atoms with E-state index in [4.69, 9.17) is 16.3 Å². The van der Waals surface area contributed by atoms with Gasteiger partial charge in [-0.2, -0.15) is 10.2 Å². The lowest BCUT2D eigenvalue weighted by molar-refractivity contribution is 0.199. The fraction of sp³-hybridized carbons (Fsp3) is 0.571. The van der Waals surface area contributed by atoms with E-state index in [9.17, 15) is 0 Å². The predicted molar refractivity (Wildman–Crippen MR) is 82.6 cm³/mol. The van der Waals surface area contributed by atoms with Crippen LogP contribution in [0.5, 0.6) is 0 Å². The van der Waals surface area contributed by atoms with Crippen LogP contribution in [0.25, 0.3) is 0 Å². The average molecular weight is 312 g/mol. The SMILES string of the molecule is COCCNCc1cnn(Cc2c(Cl)c(C)nn2C)c1C. The molecule has 0 fully saturated rings. The van der Waals surface area contributed by atoms with Gasteiger partial charge in [0.1, 0.15) is 0 Å². The van der Waals surface area contributed by atoms with Crippen LogP contribution in [0.2, 0.25) is 5.02 Å². The second kappa shape index (κ2) is 7.06. The maximum absolute atomic E-state index is 6.29. The molecule has 0 aliphatic rings. The van der Waals surface area contributed by atoms with E-state index in [0.717, 1.165) is 30.2 Å². The number of hydrogen-bond acceptors (Lipinski definition) is 4. The van der Waals surface area contributed by atoms with Crippen molar-refractivity contribution >= 4 is 11.6 Å². The number of nitrogens with one attached hydrogen (secondary N) is 1. The van der Waals surface area contributed by atoms with Gasteiger partial charge in [-0.1, -0.05) is 11.6 Å². The number of aromatic nitrogens is 4. The molecule has 0 bridgehead atoms. The Labute approximate surface area is 130 Å². The quantitative estimate of drug-likeness (QED) is 0.790. The normalized spacial score (nSPS) is 11.3. The first-order valence-corrected chi connectivity index (χ1v) is 7.31. The molecular formula is C14H22ClN5O. The van der Waals surface area contributed by atoms with Crippen molar-refractivity contribution in [2.75, 3.05) is 20.3 Å². The van der Waals surface area contributed by atoms with Crippen LogP contribution in [0.1, 0.15) is 22.6 Å². The Bertz CT molecular complexity index is 605. The summed E-state index contributed by atoms with van der Waals surface area (Å²) >= 11 is 6.29. The Morgan fingerprint density at radius 1 is 1.38 bits per heavy atom. The van der Waals surface area contributed by atoms with Crippen molar-refractivity contribution in [3.63, 3.8) is 0 Å². The predicted octanol–water partition coefficient (Wildman–Crippen LogP) is 1.67. The monoisotopic (exact) mass is 311 g/mol. The van der Waals surface area contributed by atoms with Crippen LogP contribution in [0.4, 0.5) is 0 Å². The number of ether oxygens (including phenoxy) is 1. The van der Waals surface area contributed by atoms with Gasteiger partial charge in [0.05, 0.1) is 35.8 Å². The van der Waals surface area contributed by atoms with E-state index in [1.807, 2.05) is 29.5 Å². The Hall–Kier alpha value is -1.37. The minimum Gasteiger partial charge on any atom is -0.383 e. The molecule has 21 heavy (non-hydrogen) atoms. The van der Waals surface area contributed by atoms with Gasteiger partial charge in [0.25, 0.3) is 0 Å². The van der Waals surface area contributed by atoms with Crippen molar-refractivity contribution in [3.05, 3.63) is 33.9 Å². The van der Waals surface area contributed by atoms with Crippen molar-refractivity contribution in [1.29, 1.82) is 0 Å². The third kappa shape index (κ3) is 3.64. The Kier molecular flexibility index (Phi) is 5.39. The van der Waals surface area contributed by atoms with Crippen molar-refractivity contribution in [1.82, 2.24) is 24.9 Å². The summed E-state index contributed by atoms with van der Waals surface area (Å²) in [5.74, 6) is 0. The molecule has 0 amide bonds. The maximum Gasteiger partial charge on any atom is 0.0866 e. The second-order valence-electron chi connectivity index (χ2n) is 5.05. The first kappa shape index (κ1) is 16.0. The zero-order chi connectivity index (χ0) is 15.4. The molecule has 0 radical (unpaired) electrons. The standard InChI is InChI=1S/C14H22ClN5O/c1-10-14(15)13(19(3)18-10)9-20-11(2)12(8-17-20)7-16-5-6-21-4/h8,16H,5-7,9H2,1-4H3. The molecule has 0 atom stereocenters. The first-order valence-electron chi connectivity index (χ1n) is 6.93. The Morgan fingerprint density at radius 2 is 2.14 bits per heavy atom. The summed E-state index contributed by atoms with van der Waals surface area (Å²) in [5.41, 5.74) is 4.13. The summed E-state index contributed by atoms with van der Waals surface area (Å²) in [6.45, 7) is 6.92. The van der Waals surface area contributed by atoms with Crippen LogP contribution in [0.3, 0.4) is 0 Å². The van der Waals surface area contributed by atoms with E-state index in [1.165, 1.54) is 5.56 Å². The highest BCUT2D eigenvalue weighted by atomic mass is 35.5.